The molecule has 2 aromatic rings. The Hall–Kier alpha value is -3.31. The van der Waals surface area contributed by atoms with Crippen molar-refractivity contribution in [3.63, 3.8) is 0 Å². The van der Waals surface area contributed by atoms with E-state index in [0.29, 0.717) is 27.4 Å². The van der Waals surface area contributed by atoms with Gasteiger partial charge in [-0.2, -0.15) is 15.4 Å². The summed E-state index contributed by atoms with van der Waals surface area (Å²) in [4.78, 5) is 24.9. The summed E-state index contributed by atoms with van der Waals surface area (Å²) in [6.07, 6.45) is 8.01. The molecule has 1 amide bonds. The molecule has 1 aliphatic heterocycles. The molecule has 33 heavy (non-hydrogen) atoms. The second kappa shape index (κ2) is 9.67. The molecule has 1 aliphatic rings. The van der Waals surface area contributed by atoms with Crippen molar-refractivity contribution in [2.24, 2.45) is 12.1 Å². The van der Waals surface area contributed by atoms with Gasteiger partial charge >= 0.3 is 0 Å². The summed E-state index contributed by atoms with van der Waals surface area (Å²) in [6.45, 7) is 3.27. The Bertz CT molecular complexity index is 1370. The van der Waals surface area contributed by atoms with Gasteiger partial charge in [-0.15, -0.1) is 0 Å². The van der Waals surface area contributed by atoms with E-state index < -0.39 is 11.5 Å². The highest BCUT2D eigenvalue weighted by Crippen LogP contribution is 2.39. The standard InChI is InChI=1S/C23H17Cl3N4O3/c1-12-15(21(31)29(3)22(32)17(12)11-27)7-5-4-6-8-16-13(2)28-30(23(16)33)20-18(25)9-14(24)10-19(20)26/h4-10,31H,1-3H3. The minimum absolute atomic E-state index is 0.0379. The fourth-order valence-corrected chi connectivity index (χ4v) is 4.18. The molecule has 0 radical (unpaired) electrons. The molecule has 168 valence electrons. The topological polar surface area (TPSA) is 98.7 Å². The number of rotatable bonds is 4. The van der Waals surface area contributed by atoms with E-state index in [4.69, 9.17) is 34.8 Å². The Kier molecular flexibility index (Phi) is 7.13. The van der Waals surface area contributed by atoms with Gasteiger partial charge in [0.25, 0.3) is 11.5 Å². The van der Waals surface area contributed by atoms with Gasteiger partial charge < -0.3 is 5.11 Å². The average molecular weight is 504 g/mol. The van der Waals surface area contributed by atoms with Gasteiger partial charge in [0, 0.05) is 17.6 Å². The van der Waals surface area contributed by atoms with Crippen LogP contribution in [-0.4, -0.2) is 21.3 Å². The third-order valence-electron chi connectivity index (χ3n) is 4.97. The van der Waals surface area contributed by atoms with Crippen molar-refractivity contribution in [3.8, 4) is 11.9 Å². The van der Waals surface area contributed by atoms with Gasteiger partial charge in [-0.3, -0.25) is 14.2 Å². The van der Waals surface area contributed by atoms with Gasteiger partial charge in [0.1, 0.15) is 17.3 Å². The molecule has 0 saturated heterocycles. The number of carbonyl (C=O) groups excluding carboxylic acids is 1. The zero-order valence-corrected chi connectivity index (χ0v) is 20.0. The first-order valence-corrected chi connectivity index (χ1v) is 10.6. The van der Waals surface area contributed by atoms with Crippen LogP contribution in [0.1, 0.15) is 23.6 Å². The monoisotopic (exact) mass is 502 g/mol. The molecule has 0 aliphatic carbocycles. The lowest BCUT2D eigenvalue weighted by Crippen LogP contribution is -2.22. The Morgan fingerprint density at radius 1 is 1.09 bits per heavy atom. The third kappa shape index (κ3) is 4.60. The van der Waals surface area contributed by atoms with Gasteiger partial charge in [0.05, 0.1) is 21.3 Å². The number of hydrazone groups is 1. The molecule has 0 fully saturated rings. The van der Waals surface area contributed by atoms with E-state index in [9.17, 15) is 20.0 Å². The molecule has 10 heteroatoms. The first kappa shape index (κ1) is 24.3. The van der Waals surface area contributed by atoms with Gasteiger partial charge in [-0.1, -0.05) is 53.0 Å². The fourth-order valence-electron chi connectivity index (χ4n) is 3.20. The predicted octanol–water partition coefficient (Wildman–Crippen LogP) is 5.15. The van der Waals surface area contributed by atoms with Crippen molar-refractivity contribution in [1.82, 2.24) is 4.57 Å². The second-order valence-corrected chi connectivity index (χ2v) is 8.31. The van der Waals surface area contributed by atoms with Crippen molar-refractivity contribution < 1.29 is 9.90 Å². The van der Waals surface area contributed by atoms with Gasteiger partial charge in [0.2, 0.25) is 5.88 Å². The molecule has 2 heterocycles. The predicted molar refractivity (Wildman–Crippen MR) is 131 cm³/mol. The average Bonchev–Trinajstić information content (AvgIpc) is 3.01. The summed E-state index contributed by atoms with van der Waals surface area (Å²) in [5.41, 5.74) is 1.18. The number of hydrogen-bond donors (Lipinski definition) is 1. The first-order chi connectivity index (χ1) is 15.6. The normalized spacial score (nSPS) is 15.2. The van der Waals surface area contributed by atoms with E-state index in [-0.39, 0.29) is 27.2 Å². The Morgan fingerprint density at radius 3 is 2.33 bits per heavy atom. The number of amides is 1. The summed E-state index contributed by atoms with van der Waals surface area (Å²) in [6, 6.07) is 4.81. The fraction of sp³-hybridized carbons (Fsp3) is 0.130. The lowest BCUT2D eigenvalue weighted by molar-refractivity contribution is -0.114. The molecule has 3 rings (SSSR count). The third-order valence-corrected chi connectivity index (χ3v) is 5.77. The van der Waals surface area contributed by atoms with E-state index in [1.54, 1.807) is 44.2 Å². The molecule has 1 N–H and O–H groups in total. The van der Waals surface area contributed by atoms with Crippen LogP contribution in [0.25, 0.3) is 6.08 Å². The van der Waals surface area contributed by atoms with E-state index >= 15 is 0 Å². The molecule has 7 nitrogen and oxygen atoms in total. The number of halogens is 3. The van der Waals surface area contributed by atoms with Crippen LogP contribution in [0.3, 0.4) is 0 Å². The molecule has 1 aromatic heterocycles. The molecular formula is C23H17Cl3N4O3. The largest absolute Gasteiger partial charge is 0.494 e. The highest BCUT2D eigenvalue weighted by Gasteiger charge is 2.31. The maximum absolute atomic E-state index is 12.9. The molecule has 0 saturated carbocycles. The quantitative estimate of drug-likeness (QED) is 0.461. The zero-order chi connectivity index (χ0) is 24.4. The number of carbonyl (C=O) groups is 1. The number of nitrogens with zero attached hydrogens (tertiary/aromatic N) is 4. The van der Waals surface area contributed by atoms with Crippen molar-refractivity contribution in [2.45, 2.75) is 13.8 Å². The van der Waals surface area contributed by atoms with E-state index in [1.165, 1.54) is 19.2 Å². The van der Waals surface area contributed by atoms with Crippen LogP contribution in [0.4, 0.5) is 5.69 Å². The van der Waals surface area contributed by atoms with Crippen molar-refractivity contribution >= 4 is 58.2 Å². The Labute approximate surface area is 204 Å². The van der Waals surface area contributed by atoms with E-state index in [2.05, 4.69) is 5.10 Å². The van der Waals surface area contributed by atoms with Crippen LogP contribution >= 0.6 is 34.8 Å². The Balaban J connectivity index is 1.86. The molecule has 1 aromatic carbocycles. The SMILES string of the molecule is CC1=NN(c2c(Cl)cc(Cl)cc2Cl)C(=O)C1=CC=CC=Cc1c(C)c(C#N)c(=O)n(C)c1O. The first-order valence-electron chi connectivity index (χ1n) is 9.50. The number of aromatic nitrogens is 1. The minimum Gasteiger partial charge on any atom is -0.494 e. The smallest absolute Gasteiger partial charge is 0.280 e. The number of allylic oxidation sites excluding steroid dienone is 4. The van der Waals surface area contributed by atoms with Gasteiger partial charge in [-0.25, -0.2) is 0 Å². The van der Waals surface area contributed by atoms with Gasteiger partial charge in [-0.05, 0) is 43.7 Å². The number of anilines is 1. The van der Waals surface area contributed by atoms with Crippen LogP contribution in [-0.2, 0) is 11.8 Å². The second-order valence-electron chi connectivity index (χ2n) is 7.06. The maximum Gasteiger partial charge on any atom is 0.280 e. The molecular weight excluding hydrogens is 487 g/mol. The highest BCUT2D eigenvalue weighted by molar-refractivity contribution is 6.43. The molecule has 0 bridgehead atoms. The summed E-state index contributed by atoms with van der Waals surface area (Å²) in [7, 11) is 1.38. The summed E-state index contributed by atoms with van der Waals surface area (Å²) >= 11 is 18.4. The molecule has 0 atom stereocenters. The summed E-state index contributed by atoms with van der Waals surface area (Å²) in [5, 5.41) is 25.6. The molecule has 0 spiro atoms. The lowest BCUT2D eigenvalue weighted by Gasteiger charge is -2.15. The number of nitriles is 1. The van der Waals surface area contributed by atoms with Gasteiger partial charge in [0.15, 0.2) is 0 Å². The Morgan fingerprint density at radius 2 is 1.73 bits per heavy atom. The number of aromatic hydroxyl groups is 1. The summed E-state index contributed by atoms with van der Waals surface area (Å²) in [5.74, 6) is -0.654. The zero-order valence-electron chi connectivity index (χ0n) is 17.7. The van der Waals surface area contributed by atoms with E-state index in [0.717, 1.165) is 9.58 Å². The highest BCUT2D eigenvalue weighted by atomic mass is 35.5. The number of hydrogen-bond acceptors (Lipinski definition) is 5. The number of benzene rings is 1. The lowest BCUT2D eigenvalue weighted by atomic mass is 10.0. The van der Waals surface area contributed by atoms with Crippen LogP contribution in [0.5, 0.6) is 5.88 Å². The van der Waals surface area contributed by atoms with Crippen LogP contribution in [0.2, 0.25) is 15.1 Å². The minimum atomic E-state index is -0.565. The summed E-state index contributed by atoms with van der Waals surface area (Å²) < 4.78 is 1.01. The number of pyridine rings is 1. The van der Waals surface area contributed by atoms with Crippen LogP contribution < -0.4 is 10.6 Å². The van der Waals surface area contributed by atoms with Crippen molar-refractivity contribution in [1.29, 1.82) is 5.26 Å². The van der Waals surface area contributed by atoms with Crippen molar-refractivity contribution in [3.05, 3.63) is 84.1 Å². The molecule has 0 unspecified atom stereocenters. The van der Waals surface area contributed by atoms with Crippen molar-refractivity contribution in [2.75, 3.05) is 5.01 Å². The van der Waals surface area contributed by atoms with Crippen LogP contribution in [0, 0.1) is 18.3 Å². The van der Waals surface area contributed by atoms with E-state index in [1.807, 2.05) is 6.07 Å². The van der Waals surface area contributed by atoms with Crippen LogP contribution in [0.15, 0.2) is 51.9 Å². The maximum atomic E-state index is 12.9.